The summed E-state index contributed by atoms with van der Waals surface area (Å²) in [5.74, 6) is 2.84. The van der Waals surface area contributed by atoms with Crippen molar-refractivity contribution in [2.45, 2.75) is 83.3 Å². The van der Waals surface area contributed by atoms with Crippen molar-refractivity contribution in [2.75, 3.05) is 18.4 Å². The SMILES string of the molecule is CCCNc1nc(C2(C)CCC(C)(O)CC2)[nH]c1C1=NC[C@@H](CC)N1. The molecule has 1 aliphatic carbocycles. The van der Waals surface area contributed by atoms with Crippen LogP contribution in [-0.4, -0.2) is 45.6 Å². The van der Waals surface area contributed by atoms with E-state index in [1.54, 1.807) is 0 Å². The van der Waals surface area contributed by atoms with Gasteiger partial charge in [0, 0.05) is 18.0 Å². The molecule has 1 saturated carbocycles. The summed E-state index contributed by atoms with van der Waals surface area (Å²) in [6.45, 7) is 10.3. The Labute approximate surface area is 150 Å². The molecule has 1 aromatic rings. The van der Waals surface area contributed by atoms with Crippen molar-refractivity contribution in [3.05, 3.63) is 11.5 Å². The fourth-order valence-electron chi connectivity index (χ4n) is 3.65. The normalized spacial score (nSPS) is 32.4. The van der Waals surface area contributed by atoms with Crippen LogP contribution < -0.4 is 10.6 Å². The fraction of sp³-hybridized carbons (Fsp3) is 0.789. The van der Waals surface area contributed by atoms with Crippen LogP contribution in [0.25, 0.3) is 0 Å². The molecule has 0 spiro atoms. The number of amidine groups is 1. The standard InChI is InChI=1S/C19H33N5O/c1-5-11-20-15-14(16-21-12-13(6-2)22-16)23-17(24-15)18(3)7-9-19(4,25)10-8-18/h13,20,25H,5-12H2,1-4H3,(H,21,22)(H,23,24)/t13-,18?,19?/m1/s1. The Bertz CT molecular complexity index is 624. The van der Waals surface area contributed by atoms with Gasteiger partial charge < -0.3 is 20.7 Å². The fourth-order valence-corrected chi connectivity index (χ4v) is 3.65. The van der Waals surface area contributed by atoms with E-state index in [0.717, 1.165) is 74.8 Å². The third kappa shape index (κ3) is 3.84. The van der Waals surface area contributed by atoms with Gasteiger partial charge in [0.1, 0.15) is 17.4 Å². The number of hydrogen-bond acceptors (Lipinski definition) is 5. The molecule has 0 bridgehead atoms. The predicted molar refractivity (Wildman–Crippen MR) is 102 cm³/mol. The van der Waals surface area contributed by atoms with E-state index in [4.69, 9.17) is 4.98 Å². The highest BCUT2D eigenvalue weighted by molar-refractivity contribution is 6.02. The van der Waals surface area contributed by atoms with E-state index in [0.29, 0.717) is 6.04 Å². The second-order valence-corrected chi connectivity index (χ2v) is 8.23. The van der Waals surface area contributed by atoms with E-state index in [-0.39, 0.29) is 5.41 Å². The molecule has 140 valence electrons. The molecular weight excluding hydrogens is 314 g/mol. The molecule has 2 aliphatic rings. The first-order valence-corrected chi connectivity index (χ1v) is 9.75. The number of aliphatic hydroxyl groups is 1. The summed E-state index contributed by atoms with van der Waals surface area (Å²) in [5.41, 5.74) is 0.425. The van der Waals surface area contributed by atoms with E-state index in [1.807, 2.05) is 6.92 Å². The zero-order chi connectivity index (χ0) is 18.1. The largest absolute Gasteiger partial charge is 0.390 e. The molecule has 0 amide bonds. The molecule has 1 atom stereocenters. The minimum absolute atomic E-state index is 0.0214. The second-order valence-electron chi connectivity index (χ2n) is 8.23. The summed E-state index contributed by atoms with van der Waals surface area (Å²) in [5, 5.41) is 17.3. The Balaban J connectivity index is 1.86. The first-order chi connectivity index (χ1) is 11.9. The lowest BCUT2D eigenvalue weighted by Gasteiger charge is -2.39. The smallest absolute Gasteiger partial charge is 0.155 e. The van der Waals surface area contributed by atoms with Gasteiger partial charge in [0.15, 0.2) is 5.82 Å². The number of hydrogen-bond donors (Lipinski definition) is 4. The maximum atomic E-state index is 10.3. The van der Waals surface area contributed by atoms with E-state index in [9.17, 15) is 5.11 Å². The maximum Gasteiger partial charge on any atom is 0.155 e. The van der Waals surface area contributed by atoms with Crippen LogP contribution in [0.4, 0.5) is 5.82 Å². The summed E-state index contributed by atoms with van der Waals surface area (Å²) in [4.78, 5) is 13.2. The van der Waals surface area contributed by atoms with E-state index in [1.165, 1.54) is 0 Å². The average Bonchev–Trinajstić information content (AvgIpc) is 3.22. The van der Waals surface area contributed by atoms with Crippen molar-refractivity contribution >= 4 is 11.7 Å². The predicted octanol–water partition coefficient (Wildman–Crippen LogP) is 2.94. The highest BCUT2D eigenvalue weighted by Gasteiger charge is 2.40. The quantitative estimate of drug-likeness (QED) is 0.637. The average molecular weight is 348 g/mol. The number of H-pyrrole nitrogens is 1. The minimum Gasteiger partial charge on any atom is -0.390 e. The van der Waals surface area contributed by atoms with Gasteiger partial charge in [-0.1, -0.05) is 20.8 Å². The first kappa shape index (κ1) is 18.2. The van der Waals surface area contributed by atoms with Crippen molar-refractivity contribution < 1.29 is 5.11 Å². The first-order valence-electron chi connectivity index (χ1n) is 9.75. The van der Waals surface area contributed by atoms with Gasteiger partial charge in [0.25, 0.3) is 0 Å². The number of aliphatic imine (C=N–C) groups is 1. The van der Waals surface area contributed by atoms with Crippen LogP contribution in [-0.2, 0) is 5.41 Å². The number of aromatic nitrogens is 2. The van der Waals surface area contributed by atoms with E-state index < -0.39 is 5.60 Å². The van der Waals surface area contributed by atoms with Gasteiger partial charge in [-0.15, -0.1) is 0 Å². The van der Waals surface area contributed by atoms with E-state index in [2.05, 4.69) is 41.4 Å². The Morgan fingerprint density at radius 1 is 1.20 bits per heavy atom. The lowest BCUT2D eigenvalue weighted by molar-refractivity contribution is 0.00179. The molecular formula is C19H33N5O. The number of nitrogens with zero attached hydrogens (tertiary/aromatic N) is 2. The van der Waals surface area contributed by atoms with Crippen LogP contribution in [0.3, 0.4) is 0 Å². The molecule has 6 nitrogen and oxygen atoms in total. The van der Waals surface area contributed by atoms with Crippen LogP contribution in [0, 0.1) is 0 Å². The Morgan fingerprint density at radius 3 is 2.52 bits per heavy atom. The Hall–Kier alpha value is -1.56. The Morgan fingerprint density at radius 2 is 1.92 bits per heavy atom. The molecule has 0 unspecified atom stereocenters. The van der Waals surface area contributed by atoms with Crippen LogP contribution in [0.1, 0.15) is 77.7 Å². The van der Waals surface area contributed by atoms with Crippen molar-refractivity contribution in [3.63, 3.8) is 0 Å². The van der Waals surface area contributed by atoms with Crippen LogP contribution >= 0.6 is 0 Å². The molecule has 4 N–H and O–H groups in total. The lowest BCUT2D eigenvalue weighted by Crippen LogP contribution is -2.38. The third-order valence-electron chi connectivity index (χ3n) is 5.79. The van der Waals surface area contributed by atoms with Crippen LogP contribution in [0.15, 0.2) is 4.99 Å². The molecule has 6 heteroatoms. The summed E-state index contributed by atoms with van der Waals surface area (Å²) >= 11 is 0. The molecule has 0 radical (unpaired) electrons. The number of nitrogens with one attached hydrogen (secondary N) is 3. The van der Waals surface area contributed by atoms with Gasteiger partial charge in [-0.2, -0.15) is 0 Å². The summed E-state index contributed by atoms with van der Waals surface area (Å²) in [7, 11) is 0. The molecule has 2 heterocycles. The molecule has 0 saturated heterocycles. The highest BCUT2D eigenvalue weighted by atomic mass is 16.3. The number of imidazole rings is 1. The molecule has 1 aliphatic heterocycles. The Kier molecular flexibility index (Phi) is 5.09. The third-order valence-corrected chi connectivity index (χ3v) is 5.79. The highest BCUT2D eigenvalue weighted by Crippen LogP contribution is 2.42. The molecule has 1 fully saturated rings. The van der Waals surface area contributed by atoms with Crippen molar-refractivity contribution in [3.8, 4) is 0 Å². The minimum atomic E-state index is -0.538. The van der Waals surface area contributed by atoms with Crippen LogP contribution in [0.2, 0.25) is 0 Å². The summed E-state index contributed by atoms with van der Waals surface area (Å²) < 4.78 is 0. The lowest BCUT2D eigenvalue weighted by atomic mass is 9.70. The van der Waals surface area contributed by atoms with Crippen molar-refractivity contribution in [1.82, 2.24) is 15.3 Å². The molecule has 1 aromatic heterocycles. The van der Waals surface area contributed by atoms with Crippen LogP contribution in [0.5, 0.6) is 0 Å². The topological polar surface area (TPSA) is 85.3 Å². The number of aromatic amines is 1. The molecule has 25 heavy (non-hydrogen) atoms. The van der Waals surface area contributed by atoms with Gasteiger partial charge in [-0.25, -0.2) is 4.98 Å². The summed E-state index contributed by atoms with van der Waals surface area (Å²) in [6.07, 6.45) is 5.63. The van der Waals surface area contributed by atoms with Gasteiger partial charge in [0.05, 0.1) is 12.1 Å². The molecule has 3 rings (SSSR count). The van der Waals surface area contributed by atoms with Gasteiger partial charge in [0.2, 0.25) is 0 Å². The van der Waals surface area contributed by atoms with Crippen molar-refractivity contribution in [1.29, 1.82) is 0 Å². The number of anilines is 1. The van der Waals surface area contributed by atoms with Gasteiger partial charge in [-0.3, -0.25) is 4.99 Å². The maximum absolute atomic E-state index is 10.3. The zero-order valence-electron chi connectivity index (χ0n) is 16.1. The monoisotopic (exact) mass is 347 g/mol. The van der Waals surface area contributed by atoms with Crippen molar-refractivity contribution in [2.24, 2.45) is 4.99 Å². The second kappa shape index (κ2) is 6.98. The summed E-state index contributed by atoms with van der Waals surface area (Å²) in [6, 6.07) is 0.418. The zero-order valence-corrected chi connectivity index (χ0v) is 16.1. The molecule has 0 aromatic carbocycles. The number of rotatable bonds is 6. The van der Waals surface area contributed by atoms with Gasteiger partial charge >= 0.3 is 0 Å². The van der Waals surface area contributed by atoms with E-state index >= 15 is 0 Å². The van der Waals surface area contributed by atoms with Gasteiger partial charge in [-0.05, 0) is 45.4 Å².